The van der Waals surface area contributed by atoms with E-state index in [4.69, 9.17) is 0 Å². The van der Waals surface area contributed by atoms with Crippen LogP contribution in [-0.4, -0.2) is 6.04 Å². The number of rotatable bonds is 0. The summed E-state index contributed by atoms with van der Waals surface area (Å²) in [6, 6.07) is 9.77. The van der Waals surface area contributed by atoms with Crippen molar-refractivity contribution in [2.45, 2.75) is 19.4 Å². The molecule has 0 aliphatic carbocycles. The van der Waals surface area contributed by atoms with Crippen LogP contribution in [0.5, 0.6) is 0 Å². The molecule has 1 radical (unpaired) electrons. The lowest BCUT2D eigenvalue weighted by Gasteiger charge is -2.00. The fourth-order valence-corrected chi connectivity index (χ4v) is 1.42. The minimum absolute atomic E-state index is 0.603. The molecule has 0 bridgehead atoms. The van der Waals surface area contributed by atoms with Crippen LogP contribution in [0.2, 0.25) is 0 Å². The third-order valence-corrected chi connectivity index (χ3v) is 1.88. The van der Waals surface area contributed by atoms with Crippen molar-refractivity contribution in [3.05, 3.63) is 29.8 Å². The Balaban J connectivity index is 2.42. The summed E-state index contributed by atoms with van der Waals surface area (Å²) in [5, 5.41) is 3.38. The number of hydrogen-bond donors (Lipinski definition) is 1. The highest BCUT2D eigenvalue weighted by atomic mass is 14.9. The maximum absolute atomic E-state index is 3.38. The first kappa shape index (κ1) is 5.78. The average molecular weight is 132 g/mol. The molecule has 1 heterocycles. The van der Waals surface area contributed by atoms with Crippen molar-refractivity contribution in [3.8, 4) is 0 Å². The zero-order chi connectivity index (χ0) is 6.97. The average Bonchev–Trinajstić information content (AvgIpc) is 2.27. The van der Waals surface area contributed by atoms with Crippen LogP contribution < -0.4 is 5.32 Å². The van der Waals surface area contributed by atoms with E-state index in [0.717, 1.165) is 6.42 Å². The Bertz CT molecular complexity index is 217. The van der Waals surface area contributed by atoms with Gasteiger partial charge in [-0.15, -0.1) is 0 Å². The fraction of sp³-hybridized carbons (Fsp3) is 0.333. The van der Waals surface area contributed by atoms with Gasteiger partial charge in [0.15, 0.2) is 0 Å². The van der Waals surface area contributed by atoms with Crippen LogP contribution in [0, 0.1) is 6.07 Å². The molecule has 1 atom stereocenters. The molecule has 0 fully saturated rings. The topological polar surface area (TPSA) is 12.0 Å². The second-order valence-electron chi connectivity index (χ2n) is 2.83. The van der Waals surface area contributed by atoms with Crippen LogP contribution in [0.25, 0.3) is 0 Å². The minimum Gasteiger partial charge on any atom is -0.382 e. The smallest absolute Gasteiger partial charge is 0.0376 e. The van der Waals surface area contributed by atoms with Crippen LogP contribution in [-0.2, 0) is 6.42 Å². The lowest BCUT2D eigenvalue weighted by molar-refractivity contribution is 0.839. The van der Waals surface area contributed by atoms with Gasteiger partial charge in [0.05, 0.1) is 0 Å². The quantitative estimate of drug-likeness (QED) is 0.568. The second-order valence-corrected chi connectivity index (χ2v) is 2.83. The van der Waals surface area contributed by atoms with Gasteiger partial charge in [-0.25, -0.2) is 0 Å². The SMILES string of the molecule is CC1Cc2c[c]ccc2N1. The Hall–Kier alpha value is -0.980. The molecular weight excluding hydrogens is 122 g/mol. The van der Waals surface area contributed by atoms with E-state index in [1.165, 1.54) is 11.3 Å². The Labute approximate surface area is 61.1 Å². The summed E-state index contributed by atoms with van der Waals surface area (Å²) in [4.78, 5) is 0. The molecule has 1 N–H and O–H groups in total. The highest BCUT2D eigenvalue weighted by Gasteiger charge is 2.14. The van der Waals surface area contributed by atoms with Crippen molar-refractivity contribution in [1.29, 1.82) is 0 Å². The third kappa shape index (κ3) is 0.783. The summed E-state index contributed by atoms with van der Waals surface area (Å²) in [6.45, 7) is 2.19. The largest absolute Gasteiger partial charge is 0.382 e. The van der Waals surface area contributed by atoms with Gasteiger partial charge in [-0.05, 0) is 37.1 Å². The molecule has 0 saturated heterocycles. The molecular formula is C9H10N. The monoisotopic (exact) mass is 132 g/mol. The van der Waals surface area contributed by atoms with Crippen LogP contribution in [0.4, 0.5) is 5.69 Å². The van der Waals surface area contributed by atoms with E-state index in [1.807, 2.05) is 6.07 Å². The first-order chi connectivity index (χ1) is 4.86. The van der Waals surface area contributed by atoms with Gasteiger partial charge >= 0.3 is 0 Å². The number of benzene rings is 1. The predicted molar refractivity (Wildman–Crippen MR) is 42.1 cm³/mol. The normalized spacial score (nSPS) is 21.9. The van der Waals surface area contributed by atoms with Crippen molar-refractivity contribution in [2.75, 3.05) is 5.32 Å². The van der Waals surface area contributed by atoms with Crippen LogP contribution in [0.3, 0.4) is 0 Å². The highest BCUT2D eigenvalue weighted by molar-refractivity contribution is 5.55. The van der Waals surface area contributed by atoms with E-state index in [-0.39, 0.29) is 0 Å². The Morgan fingerprint density at radius 2 is 2.60 bits per heavy atom. The standard InChI is InChI=1S/C9H10N/c1-7-6-8-4-2-3-5-9(8)10-7/h3-5,7,10H,6H2,1H3. The van der Waals surface area contributed by atoms with Crippen molar-refractivity contribution in [3.63, 3.8) is 0 Å². The van der Waals surface area contributed by atoms with E-state index >= 15 is 0 Å². The minimum atomic E-state index is 0.603. The maximum atomic E-state index is 3.38. The summed E-state index contributed by atoms with van der Waals surface area (Å²) >= 11 is 0. The highest BCUT2D eigenvalue weighted by Crippen LogP contribution is 2.23. The van der Waals surface area contributed by atoms with E-state index < -0.39 is 0 Å². The molecule has 1 aliphatic heterocycles. The zero-order valence-corrected chi connectivity index (χ0v) is 6.02. The molecule has 51 valence electrons. The molecule has 1 aromatic rings. The Morgan fingerprint density at radius 3 is 3.40 bits per heavy atom. The summed E-state index contributed by atoms with van der Waals surface area (Å²) < 4.78 is 0. The number of hydrogen-bond acceptors (Lipinski definition) is 1. The first-order valence-corrected chi connectivity index (χ1v) is 3.62. The lowest BCUT2D eigenvalue weighted by atomic mass is 10.1. The van der Waals surface area contributed by atoms with Gasteiger partial charge in [-0.3, -0.25) is 0 Å². The van der Waals surface area contributed by atoms with Gasteiger partial charge in [0.25, 0.3) is 0 Å². The third-order valence-electron chi connectivity index (χ3n) is 1.88. The van der Waals surface area contributed by atoms with Gasteiger partial charge in [0.1, 0.15) is 0 Å². The van der Waals surface area contributed by atoms with Crippen molar-refractivity contribution < 1.29 is 0 Å². The number of anilines is 1. The summed E-state index contributed by atoms with van der Waals surface area (Å²) in [7, 11) is 0. The molecule has 1 unspecified atom stereocenters. The van der Waals surface area contributed by atoms with Gasteiger partial charge < -0.3 is 5.32 Å². The first-order valence-electron chi connectivity index (χ1n) is 3.62. The van der Waals surface area contributed by atoms with Crippen LogP contribution >= 0.6 is 0 Å². The van der Waals surface area contributed by atoms with E-state index in [2.05, 4.69) is 30.4 Å². The van der Waals surface area contributed by atoms with Gasteiger partial charge in [-0.2, -0.15) is 0 Å². The number of nitrogens with one attached hydrogen (secondary N) is 1. The summed E-state index contributed by atoms with van der Waals surface area (Å²) in [5.74, 6) is 0. The Kier molecular flexibility index (Phi) is 1.16. The molecule has 1 nitrogen and oxygen atoms in total. The Morgan fingerprint density at radius 1 is 1.70 bits per heavy atom. The van der Waals surface area contributed by atoms with Crippen LogP contribution in [0.1, 0.15) is 12.5 Å². The van der Waals surface area contributed by atoms with Crippen molar-refractivity contribution in [1.82, 2.24) is 0 Å². The summed E-state index contributed by atoms with van der Waals surface area (Å²) in [6.07, 6.45) is 1.15. The molecule has 0 aromatic heterocycles. The second kappa shape index (κ2) is 2.01. The molecule has 10 heavy (non-hydrogen) atoms. The fourth-order valence-electron chi connectivity index (χ4n) is 1.42. The molecule has 1 aromatic carbocycles. The van der Waals surface area contributed by atoms with Crippen LogP contribution in [0.15, 0.2) is 18.2 Å². The lowest BCUT2D eigenvalue weighted by Crippen LogP contribution is -2.08. The van der Waals surface area contributed by atoms with Crippen molar-refractivity contribution >= 4 is 5.69 Å². The number of fused-ring (bicyclic) bond motifs is 1. The summed E-state index contributed by atoms with van der Waals surface area (Å²) in [5.41, 5.74) is 2.68. The molecule has 2 rings (SSSR count). The molecule has 0 spiro atoms. The maximum Gasteiger partial charge on any atom is 0.0376 e. The van der Waals surface area contributed by atoms with Crippen molar-refractivity contribution in [2.24, 2.45) is 0 Å². The van der Waals surface area contributed by atoms with E-state index in [1.54, 1.807) is 0 Å². The van der Waals surface area contributed by atoms with Gasteiger partial charge in [0, 0.05) is 11.7 Å². The zero-order valence-electron chi connectivity index (χ0n) is 6.02. The predicted octanol–water partition coefficient (Wildman–Crippen LogP) is 1.84. The van der Waals surface area contributed by atoms with E-state index in [9.17, 15) is 0 Å². The molecule has 1 heteroatoms. The van der Waals surface area contributed by atoms with Gasteiger partial charge in [-0.1, -0.05) is 6.07 Å². The molecule has 1 aliphatic rings. The van der Waals surface area contributed by atoms with Gasteiger partial charge in [0.2, 0.25) is 0 Å². The molecule has 0 amide bonds. The molecule has 0 saturated carbocycles. The van der Waals surface area contributed by atoms with E-state index in [0.29, 0.717) is 6.04 Å².